The minimum atomic E-state index is -0.496. The number of hydrogen-bond donors (Lipinski definition) is 2. The van der Waals surface area contributed by atoms with E-state index >= 15 is 0 Å². The molecular formula is C19H22FN5O2. The van der Waals surface area contributed by atoms with Crippen molar-refractivity contribution >= 4 is 12.0 Å². The average molecular weight is 371 g/mol. The summed E-state index contributed by atoms with van der Waals surface area (Å²) in [6.07, 6.45) is 3.86. The van der Waals surface area contributed by atoms with Crippen molar-refractivity contribution in [2.45, 2.75) is 31.4 Å². The standard InChI is InChI=1S/C19H22FN5O2/c20-15-3-1-2-13(10-15)11-23-18(26)25-7-5-19(6-8-25)16-14(4-9-27-19)12-22-17(21)24-16/h1-3,10,12H,4-9,11H2,(H,23,26)(H2,21,22,24). The Morgan fingerprint density at radius 2 is 2.19 bits per heavy atom. The Kier molecular flexibility index (Phi) is 4.65. The molecule has 2 aromatic rings. The summed E-state index contributed by atoms with van der Waals surface area (Å²) in [5, 5.41) is 2.85. The number of nitrogens with two attached hydrogens (primary N) is 1. The zero-order chi connectivity index (χ0) is 18.9. The Labute approximate surface area is 156 Å². The lowest BCUT2D eigenvalue weighted by molar-refractivity contribution is -0.0957. The molecule has 1 fully saturated rings. The molecule has 27 heavy (non-hydrogen) atoms. The van der Waals surface area contributed by atoms with E-state index in [0.29, 0.717) is 39.1 Å². The molecule has 1 saturated heterocycles. The predicted molar refractivity (Wildman–Crippen MR) is 97.2 cm³/mol. The van der Waals surface area contributed by atoms with Gasteiger partial charge < -0.3 is 20.7 Å². The van der Waals surface area contributed by atoms with Crippen molar-refractivity contribution in [2.75, 3.05) is 25.4 Å². The molecule has 2 amide bonds. The number of aromatic nitrogens is 2. The maximum atomic E-state index is 13.2. The zero-order valence-electron chi connectivity index (χ0n) is 14.9. The minimum absolute atomic E-state index is 0.160. The molecule has 0 unspecified atom stereocenters. The number of hydrogen-bond acceptors (Lipinski definition) is 5. The summed E-state index contributed by atoms with van der Waals surface area (Å²) in [6.45, 7) is 2.02. The predicted octanol–water partition coefficient (Wildman–Crippen LogP) is 1.97. The highest BCUT2D eigenvalue weighted by Gasteiger charge is 2.43. The van der Waals surface area contributed by atoms with Crippen LogP contribution in [-0.2, 0) is 23.3 Å². The topological polar surface area (TPSA) is 93.4 Å². The number of carbonyl (C=O) groups is 1. The summed E-state index contributed by atoms with van der Waals surface area (Å²) in [7, 11) is 0. The van der Waals surface area contributed by atoms with Crippen LogP contribution < -0.4 is 11.1 Å². The normalized spacial score (nSPS) is 18.2. The van der Waals surface area contributed by atoms with Gasteiger partial charge >= 0.3 is 6.03 Å². The van der Waals surface area contributed by atoms with Gasteiger partial charge in [0, 0.05) is 25.8 Å². The van der Waals surface area contributed by atoms with Gasteiger partial charge in [-0.25, -0.2) is 19.2 Å². The smallest absolute Gasteiger partial charge is 0.317 e. The number of amides is 2. The van der Waals surface area contributed by atoms with E-state index in [4.69, 9.17) is 10.5 Å². The fraction of sp³-hybridized carbons (Fsp3) is 0.421. The van der Waals surface area contributed by atoms with Crippen LogP contribution in [0.1, 0.15) is 29.7 Å². The summed E-state index contributed by atoms with van der Waals surface area (Å²) in [5.41, 5.74) is 7.94. The molecule has 1 spiro atoms. The third-order valence-corrected chi connectivity index (χ3v) is 5.26. The lowest BCUT2D eigenvalue weighted by Gasteiger charge is -2.43. The summed E-state index contributed by atoms with van der Waals surface area (Å²) >= 11 is 0. The Bertz CT molecular complexity index is 852. The molecule has 8 heteroatoms. The zero-order valence-corrected chi connectivity index (χ0v) is 14.9. The Hall–Kier alpha value is -2.74. The molecule has 2 aliphatic heterocycles. The molecule has 3 N–H and O–H groups in total. The van der Waals surface area contributed by atoms with Gasteiger partial charge in [0.2, 0.25) is 5.95 Å². The first kappa shape index (κ1) is 17.7. The number of nitrogens with zero attached hydrogens (tertiary/aromatic N) is 3. The number of anilines is 1. The van der Waals surface area contributed by atoms with Gasteiger partial charge in [0.1, 0.15) is 11.4 Å². The maximum absolute atomic E-state index is 13.2. The number of nitrogen functional groups attached to an aromatic ring is 1. The molecule has 0 atom stereocenters. The average Bonchev–Trinajstić information content (AvgIpc) is 2.68. The van der Waals surface area contributed by atoms with Crippen molar-refractivity contribution in [1.29, 1.82) is 0 Å². The van der Waals surface area contributed by atoms with E-state index in [0.717, 1.165) is 23.2 Å². The second-order valence-electron chi connectivity index (χ2n) is 6.97. The number of fused-ring (bicyclic) bond motifs is 2. The monoisotopic (exact) mass is 371 g/mol. The summed E-state index contributed by atoms with van der Waals surface area (Å²) in [6, 6.07) is 6.06. The van der Waals surface area contributed by atoms with Crippen molar-refractivity contribution in [3.63, 3.8) is 0 Å². The Morgan fingerprint density at radius 3 is 2.96 bits per heavy atom. The van der Waals surface area contributed by atoms with E-state index in [1.807, 2.05) is 0 Å². The van der Waals surface area contributed by atoms with Crippen LogP contribution in [0.15, 0.2) is 30.5 Å². The number of halogens is 1. The van der Waals surface area contributed by atoms with E-state index < -0.39 is 5.60 Å². The second-order valence-corrected chi connectivity index (χ2v) is 6.97. The number of piperidine rings is 1. The fourth-order valence-corrected chi connectivity index (χ4v) is 3.81. The summed E-state index contributed by atoms with van der Waals surface area (Å²) in [5.74, 6) is -0.0649. The van der Waals surface area contributed by atoms with Crippen molar-refractivity contribution in [1.82, 2.24) is 20.2 Å². The highest BCUT2D eigenvalue weighted by Crippen LogP contribution is 2.40. The van der Waals surface area contributed by atoms with E-state index in [1.165, 1.54) is 12.1 Å². The molecule has 4 rings (SSSR count). The van der Waals surface area contributed by atoms with Crippen LogP contribution in [0.5, 0.6) is 0 Å². The quantitative estimate of drug-likeness (QED) is 0.842. The SMILES string of the molecule is Nc1ncc2c(n1)C1(CCN(C(=O)NCc3cccc(F)c3)CC1)OCC2. The number of benzene rings is 1. The Balaban J connectivity index is 1.39. The van der Waals surface area contributed by atoms with Crippen LogP contribution in [0, 0.1) is 5.82 Å². The van der Waals surface area contributed by atoms with Gasteiger partial charge in [-0.1, -0.05) is 12.1 Å². The number of carbonyl (C=O) groups excluding carboxylic acids is 1. The van der Waals surface area contributed by atoms with Gasteiger partial charge in [-0.3, -0.25) is 0 Å². The van der Waals surface area contributed by atoms with Gasteiger partial charge in [-0.2, -0.15) is 0 Å². The van der Waals surface area contributed by atoms with E-state index in [1.54, 1.807) is 23.2 Å². The van der Waals surface area contributed by atoms with E-state index in [9.17, 15) is 9.18 Å². The lowest BCUT2D eigenvalue weighted by atomic mass is 9.83. The van der Waals surface area contributed by atoms with Crippen LogP contribution in [0.25, 0.3) is 0 Å². The minimum Gasteiger partial charge on any atom is -0.368 e. The third-order valence-electron chi connectivity index (χ3n) is 5.26. The first-order valence-electron chi connectivity index (χ1n) is 9.09. The first-order valence-corrected chi connectivity index (χ1v) is 9.09. The third kappa shape index (κ3) is 3.57. The molecule has 2 aliphatic rings. The first-order chi connectivity index (χ1) is 13.1. The van der Waals surface area contributed by atoms with Gasteiger partial charge in [0.25, 0.3) is 0 Å². The maximum Gasteiger partial charge on any atom is 0.317 e. The molecular weight excluding hydrogens is 349 g/mol. The lowest BCUT2D eigenvalue weighted by Crippen LogP contribution is -2.51. The van der Waals surface area contributed by atoms with Crippen LogP contribution in [0.3, 0.4) is 0 Å². The molecule has 0 radical (unpaired) electrons. The molecule has 0 saturated carbocycles. The number of rotatable bonds is 2. The molecule has 1 aromatic carbocycles. The highest BCUT2D eigenvalue weighted by molar-refractivity contribution is 5.74. The van der Waals surface area contributed by atoms with Crippen LogP contribution in [-0.4, -0.2) is 40.6 Å². The largest absolute Gasteiger partial charge is 0.368 e. The number of likely N-dealkylation sites (tertiary alicyclic amines) is 1. The van der Waals surface area contributed by atoms with Crippen LogP contribution in [0.4, 0.5) is 15.1 Å². The summed E-state index contributed by atoms with van der Waals surface area (Å²) < 4.78 is 19.4. The van der Waals surface area contributed by atoms with Crippen molar-refractivity contribution in [3.05, 3.63) is 53.1 Å². The van der Waals surface area contributed by atoms with Crippen molar-refractivity contribution < 1.29 is 13.9 Å². The van der Waals surface area contributed by atoms with Gasteiger partial charge in [-0.15, -0.1) is 0 Å². The van der Waals surface area contributed by atoms with Gasteiger partial charge in [0.15, 0.2) is 0 Å². The number of ether oxygens (including phenoxy) is 1. The highest BCUT2D eigenvalue weighted by atomic mass is 19.1. The number of nitrogens with one attached hydrogen (secondary N) is 1. The Morgan fingerprint density at radius 1 is 1.37 bits per heavy atom. The van der Waals surface area contributed by atoms with Gasteiger partial charge in [-0.05, 0) is 42.5 Å². The van der Waals surface area contributed by atoms with Crippen molar-refractivity contribution in [3.8, 4) is 0 Å². The fourth-order valence-electron chi connectivity index (χ4n) is 3.81. The molecule has 0 bridgehead atoms. The van der Waals surface area contributed by atoms with Crippen LogP contribution in [0.2, 0.25) is 0 Å². The van der Waals surface area contributed by atoms with E-state index in [2.05, 4.69) is 15.3 Å². The molecule has 0 aliphatic carbocycles. The number of urea groups is 1. The van der Waals surface area contributed by atoms with Crippen molar-refractivity contribution in [2.24, 2.45) is 0 Å². The molecule has 7 nitrogen and oxygen atoms in total. The second kappa shape index (κ2) is 7.11. The summed E-state index contributed by atoms with van der Waals surface area (Å²) in [4.78, 5) is 22.7. The molecule has 3 heterocycles. The molecule has 1 aromatic heterocycles. The molecule has 142 valence electrons. The van der Waals surface area contributed by atoms with Gasteiger partial charge in [0.05, 0.1) is 12.3 Å². The van der Waals surface area contributed by atoms with E-state index in [-0.39, 0.29) is 17.8 Å². The van der Waals surface area contributed by atoms with Crippen LogP contribution >= 0.6 is 0 Å².